The molecule has 2 aromatic heterocycles. The van der Waals surface area contributed by atoms with E-state index in [1.54, 1.807) is 19.2 Å². The van der Waals surface area contributed by atoms with Gasteiger partial charge >= 0.3 is 6.18 Å². The molecular formula is C17H21F3N4O2. The monoisotopic (exact) mass is 370 g/mol. The number of aryl methyl sites for hydroxylation is 1. The number of pyridine rings is 2. The summed E-state index contributed by atoms with van der Waals surface area (Å²) in [4.78, 5) is 24.5. The number of rotatable bonds is 6. The molecule has 2 rings (SSSR count). The van der Waals surface area contributed by atoms with Gasteiger partial charge in [-0.1, -0.05) is 0 Å². The van der Waals surface area contributed by atoms with Crippen molar-refractivity contribution in [3.8, 4) is 0 Å². The zero-order valence-electron chi connectivity index (χ0n) is 14.5. The molecule has 9 heteroatoms. The standard InChI is InChI=1S/C17H21F3N4O2/c1-3-23-8-6-12(14(21)16(23)26)9-11(2)24-7-4-5-13(15(24)25)22-10-17(18,19)20/h4-8,11,22H,3,9-10,21H2,1-2H3. The first kappa shape index (κ1) is 19.6. The van der Waals surface area contributed by atoms with E-state index in [0.29, 0.717) is 18.5 Å². The maximum atomic E-state index is 12.4. The smallest absolute Gasteiger partial charge is 0.394 e. The van der Waals surface area contributed by atoms with E-state index in [-0.39, 0.29) is 16.9 Å². The molecule has 0 aliphatic heterocycles. The van der Waals surface area contributed by atoms with Gasteiger partial charge in [-0.15, -0.1) is 0 Å². The average molecular weight is 370 g/mol. The highest BCUT2D eigenvalue weighted by Gasteiger charge is 2.27. The van der Waals surface area contributed by atoms with Crippen molar-refractivity contribution in [2.75, 3.05) is 17.6 Å². The molecule has 2 heterocycles. The molecule has 0 aliphatic carbocycles. The molecule has 0 saturated heterocycles. The van der Waals surface area contributed by atoms with Gasteiger partial charge in [0.15, 0.2) is 0 Å². The lowest BCUT2D eigenvalue weighted by atomic mass is 10.1. The van der Waals surface area contributed by atoms with Gasteiger partial charge < -0.3 is 20.2 Å². The minimum absolute atomic E-state index is 0.112. The fourth-order valence-electron chi connectivity index (χ4n) is 2.66. The zero-order chi connectivity index (χ0) is 19.5. The van der Waals surface area contributed by atoms with Gasteiger partial charge in [0.1, 0.15) is 17.9 Å². The molecule has 0 radical (unpaired) electrons. The van der Waals surface area contributed by atoms with Crippen molar-refractivity contribution in [3.63, 3.8) is 0 Å². The summed E-state index contributed by atoms with van der Waals surface area (Å²) in [5.41, 5.74) is 5.59. The topological polar surface area (TPSA) is 82.1 Å². The summed E-state index contributed by atoms with van der Waals surface area (Å²) in [6, 6.07) is 4.12. The van der Waals surface area contributed by atoms with Crippen LogP contribution in [-0.4, -0.2) is 21.9 Å². The summed E-state index contributed by atoms with van der Waals surface area (Å²) in [6.45, 7) is 2.76. The van der Waals surface area contributed by atoms with Crippen LogP contribution in [0.4, 0.5) is 24.5 Å². The molecule has 1 unspecified atom stereocenters. The number of aromatic nitrogens is 2. The number of alkyl halides is 3. The lowest BCUT2D eigenvalue weighted by molar-refractivity contribution is -0.115. The Labute approximate surface area is 148 Å². The van der Waals surface area contributed by atoms with E-state index in [1.165, 1.54) is 27.5 Å². The van der Waals surface area contributed by atoms with E-state index in [9.17, 15) is 22.8 Å². The molecule has 3 N–H and O–H groups in total. The van der Waals surface area contributed by atoms with E-state index in [4.69, 9.17) is 5.73 Å². The highest BCUT2D eigenvalue weighted by Crippen LogP contribution is 2.18. The van der Waals surface area contributed by atoms with Crippen molar-refractivity contribution >= 4 is 11.4 Å². The Morgan fingerprint density at radius 1 is 1.19 bits per heavy atom. The molecule has 0 aliphatic rings. The zero-order valence-corrected chi connectivity index (χ0v) is 14.5. The second-order valence-corrected chi connectivity index (χ2v) is 6.00. The summed E-state index contributed by atoms with van der Waals surface area (Å²) >= 11 is 0. The second-order valence-electron chi connectivity index (χ2n) is 6.00. The van der Waals surface area contributed by atoms with Crippen molar-refractivity contribution in [3.05, 3.63) is 56.9 Å². The van der Waals surface area contributed by atoms with Gasteiger partial charge in [0.25, 0.3) is 11.1 Å². The molecule has 0 saturated carbocycles. The van der Waals surface area contributed by atoms with Crippen LogP contribution in [0.3, 0.4) is 0 Å². The molecule has 6 nitrogen and oxygen atoms in total. The van der Waals surface area contributed by atoms with Gasteiger partial charge in [-0.05, 0) is 44.0 Å². The quantitative estimate of drug-likeness (QED) is 0.818. The van der Waals surface area contributed by atoms with Crippen LogP contribution in [0.1, 0.15) is 25.5 Å². The Morgan fingerprint density at radius 2 is 1.88 bits per heavy atom. The van der Waals surface area contributed by atoms with Crippen molar-refractivity contribution in [2.24, 2.45) is 0 Å². The Bertz CT molecular complexity index is 887. The van der Waals surface area contributed by atoms with Crippen molar-refractivity contribution in [1.29, 1.82) is 0 Å². The van der Waals surface area contributed by atoms with E-state index in [0.717, 1.165) is 0 Å². The predicted octanol–water partition coefficient (Wildman–Crippen LogP) is 2.39. The average Bonchev–Trinajstić information content (AvgIpc) is 2.57. The second kappa shape index (κ2) is 7.67. The molecule has 26 heavy (non-hydrogen) atoms. The van der Waals surface area contributed by atoms with E-state index >= 15 is 0 Å². The Kier molecular flexibility index (Phi) is 5.79. The Morgan fingerprint density at radius 3 is 2.50 bits per heavy atom. The fraction of sp³-hybridized carbons (Fsp3) is 0.412. The third-order valence-electron chi connectivity index (χ3n) is 4.08. The highest BCUT2D eigenvalue weighted by molar-refractivity contribution is 5.45. The molecule has 0 bridgehead atoms. The molecular weight excluding hydrogens is 349 g/mol. The number of nitrogen functional groups attached to an aromatic ring is 1. The van der Waals surface area contributed by atoms with Crippen LogP contribution in [0.25, 0.3) is 0 Å². The molecule has 142 valence electrons. The summed E-state index contributed by atoms with van der Waals surface area (Å²) in [6.07, 6.45) is -0.995. The molecule has 2 aromatic rings. The largest absolute Gasteiger partial charge is 0.405 e. The van der Waals surface area contributed by atoms with Gasteiger partial charge in [-0.25, -0.2) is 0 Å². The molecule has 0 fully saturated rings. The predicted molar refractivity (Wildman–Crippen MR) is 94.5 cm³/mol. The summed E-state index contributed by atoms with van der Waals surface area (Å²) in [5.74, 6) is 0. The molecule has 1 atom stereocenters. The first-order valence-electron chi connectivity index (χ1n) is 8.13. The third kappa shape index (κ3) is 4.47. The molecule has 0 spiro atoms. The number of hydrogen-bond acceptors (Lipinski definition) is 4. The van der Waals surface area contributed by atoms with E-state index in [2.05, 4.69) is 5.32 Å². The van der Waals surface area contributed by atoms with Crippen LogP contribution in [0, 0.1) is 0 Å². The molecule has 0 amide bonds. The first-order valence-corrected chi connectivity index (χ1v) is 8.13. The highest BCUT2D eigenvalue weighted by atomic mass is 19.4. The first-order chi connectivity index (χ1) is 12.1. The maximum absolute atomic E-state index is 12.4. The number of nitrogens with two attached hydrogens (primary N) is 1. The van der Waals surface area contributed by atoms with Crippen LogP contribution >= 0.6 is 0 Å². The normalized spacial score (nSPS) is 12.8. The van der Waals surface area contributed by atoms with Gasteiger partial charge in [-0.2, -0.15) is 13.2 Å². The Balaban J connectivity index is 2.25. The summed E-state index contributed by atoms with van der Waals surface area (Å²) in [7, 11) is 0. The minimum atomic E-state index is -4.42. The number of halogens is 3. The van der Waals surface area contributed by atoms with Gasteiger partial charge in [0, 0.05) is 25.0 Å². The van der Waals surface area contributed by atoms with Crippen molar-refractivity contribution in [1.82, 2.24) is 9.13 Å². The number of nitrogens with zero attached hydrogens (tertiary/aromatic N) is 2. The SMILES string of the molecule is CCn1ccc(CC(C)n2cccc(NCC(F)(F)F)c2=O)c(N)c1=O. The van der Waals surface area contributed by atoms with Crippen LogP contribution in [-0.2, 0) is 13.0 Å². The van der Waals surface area contributed by atoms with E-state index < -0.39 is 24.3 Å². The van der Waals surface area contributed by atoms with Gasteiger partial charge in [-0.3, -0.25) is 9.59 Å². The van der Waals surface area contributed by atoms with Crippen LogP contribution in [0.5, 0.6) is 0 Å². The minimum Gasteiger partial charge on any atom is -0.394 e. The van der Waals surface area contributed by atoms with E-state index in [1.807, 2.05) is 6.92 Å². The summed E-state index contributed by atoms with van der Waals surface area (Å²) in [5, 5.41) is 2.11. The number of nitrogens with one attached hydrogen (secondary N) is 1. The van der Waals surface area contributed by atoms with Crippen LogP contribution in [0.2, 0.25) is 0 Å². The van der Waals surface area contributed by atoms with Crippen molar-refractivity contribution in [2.45, 2.75) is 39.0 Å². The van der Waals surface area contributed by atoms with Crippen LogP contribution in [0.15, 0.2) is 40.2 Å². The van der Waals surface area contributed by atoms with Crippen molar-refractivity contribution < 1.29 is 13.2 Å². The number of hydrogen-bond donors (Lipinski definition) is 2. The molecule has 0 aromatic carbocycles. The lowest BCUT2D eigenvalue weighted by Crippen LogP contribution is -2.30. The van der Waals surface area contributed by atoms with Crippen LogP contribution < -0.4 is 22.2 Å². The van der Waals surface area contributed by atoms with Gasteiger partial charge in [0.05, 0.1) is 0 Å². The summed E-state index contributed by atoms with van der Waals surface area (Å²) < 4.78 is 39.8. The maximum Gasteiger partial charge on any atom is 0.405 e. The fourth-order valence-corrected chi connectivity index (χ4v) is 2.66. The Hall–Kier alpha value is -2.71. The number of anilines is 2. The van der Waals surface area contributed by atoms with Gasteiger partial charge in [0.2, 0.25) is 0 Å². The lowest BCUT2D eigenvalue weighted by Gasteiger charge is -2.18. The third-order valence-corrected chi connectivity index (χ3v) is 4.08.